The highest BCUT2D eigenvalue weighted by Crippen LogP contribution is 2.28. The number of rotatable bonds is 3. The van der Waals surface area contributed by atoms with Crippen molar-refractivity contribution in [3.8, 4) is 0 Å². The van der Waals surface area contributed by atoms with Gasteiger partial charge >= 0.3 is 0 Å². The number of halogens is 1. The van der Waals surface area contributed by atoms with Crippen molar-refractivity contribution in [1.29, 1.82) is 0 Å². The number of thiophene rings is 1. The molecule has 94 valence electrons. The van der Waals surface area contributed by atoms with Crippen LogP contribution in [-0.2, 0) is 6.54 Å². The van der Waals surface area contributed by atoms with Crippen molar-refractivity contribution in [2.75, 3.05) is 11.9 Å². The van der Waals surface area contributed by atoms with E-state index in [9.17, 15) is 4.79 Å². The first-order valence-corrected chi connectivity index (χ1v) is 6.96. The van der Waals surface area contributed by atoms with Crippen LogP contribution in [0, 0.1) is 0 Å². The molecule has 1 amide bonds. The molecule has 0 spiro atoms. The van der Waals surface area contributed by atoms with Crippen LogP contribution in [0.5, 0.6) is 0 Å². The maximum Gasteiger partial charge on any atom is 0.277 e. The molecule has 18 heavy (non-hydrogen) atoms. The molecule has 2 rings (SSSR count). The van der Waals surface area contributed by atoms with Gasteiger partial charge in [-0.05, 0) is 39.7 Å². The van der Waals surface area contributed by atoms with E-state index in [-0.39, 0.29) is 5.91 Å². The van der Waals surface area contributed by atoms with Gasteiger partial charge in [-0.3, -0.25) is 9.78 Å². The maximum absolute atomic E-state index is 12.2. The van der Waals surface area contributed by atoms with Crippen molar-refractivity contribution in [3.63, 3.8) is 0 Å². The third kappa shape index (κ3) is 2.77. The highest BCUT2D eigenvalue weighted by molar-refractivity contribution is 9.10. The first-order chi connectivity index (χ1) is 8.61. The molecule has 0 saturated carbocycles. The zero-order chi connectivity index (χ0) is 13.1. The Morgan fingerprint density at radius 3 is 2.94 bits per heavy atom. The summed E-state index contributed by atoms with van der Waals surface area (Å²) in [6.07, 6.45) is 1.60. The summed E-state index contributed by atoms with van der Waals surface area (Å²) < 4.78 is 0.964. The average molecular weight is 326 g/mol. The standard InChI is InChI=1S/C12H12BrN3OS/c1-16(11-5-9(13)7-18-11)12(17)10-4-8(6-14)2-3-15-10/h2-5,7H,6,14H2,1H3. The summed E-state index contributed by atoms with van der Waals surface area (Å²) >= 11 is 4.87. The molecule has 2 N–H and O–H groups in total. The van der Waals surface area contributed by atoms with Crippen LogP contribution in [0.15, 0.2) is 34.2 Å². The van der Waals surface area contributed by atoms with Gasteiger partial charge in [0.1, 0.15) is 5.69 Å². The second-order valence-corrected chi connectivity index (χ2v) is 5.53. The summed E-state index contributed by atoms with van der Waals surface area (Å²) in [4.78, 5) is 17.9. The normalized spacial score (nSPS) is 10.4. The van der Waals surface area contributed by atoms with E-state index in [4.69, 9.17) is 5.73 Å². The van der Waals surface area contributed by atoms with E-state index >= 15 is 0 Å². The smallest absolute Gasteiger partial charge is 0.277 e. The molecule has 0 fully saturated rings. The Balaban J connectivity index is 2.25. The number of amides is 1. The highest BCUT2D eigenvalue weighted by Gasteiger charge is 2.16. The molecule has 2 aromatic heterocycles. The molecule has 0 unspecified atom stereocenters. The summed E-state index contributed by atoms with van der Waals surface area (Å²) in [5.41, 5.74) is 6.86. The number of aromatic nitrogens is 1. The van der Waals surface area contributed by atoms with Crippen LogP contribution >= 0.6 is 27.3 Å². The zero-order valence-electron chi connectivity index (χ0n) is 9.76. The van der Waals surface area contributed by atoms with Crippen molar-refractivity contribution in [2.45, 2.75) is 6.54 Å². The number of carbonyl (C=O) groups is 1. The Labute approximate surface area is 118 Å². The van der Waals surface area contributed by atoms with E-state index in [2.05, 4.69) is 20.9 Å². The van der Waals surface area contributed by atoms with Crippen molar-refractivity contribution in [3.05, 3.63) is 45.5 Å². The number of carbonyl (C=O) groups excluding carboxylic acids is 1. The molecule has 0 aromatic carbocycles. The molecule has 0 bridgehead atoms. The largest absolute Gasteiger partial charge is 0.326 e. The quantitative estimate of drug-likeness (QED) is 0.943. The zero-order valence-corrected chi connectivity index (χ0v) is 12.2. The molecule has 0 aliphatic carbocycles. The lowest BCUT2D eigenvalue weighted by Gasteiger charge is -2.14. The Morgan fingerprint density at radius 1 is 1.56 bits per heavy atom. The van der Waals surface area contributed by atoms with Gasteiger partial charge in [-0.2, -0.15) is 0 Å². The van der Waals surface area contributed by atoms with Crippen LogP contribution in [0.25, 0.3) is 0 Å². The van der Waals surface area contributed by atoms with Crippen LogP contribution in [0.2, 0.25) is 0 Å². The Morgan fingerprint density at radius 2 is 2.33 bits per heavy atom. The molecule has 2 heterocycles. The topological polar surface area (TPSA) is 59.2 Å². The van der Waals surface area contributed by atoms with Gasteiger partial charge in [0.2, 0.25) is 0 Å². The SMILES string of the molecule is CN(C(=O)c1cc(CN)ccn1)c1cc(Br)cs1. The Kier molecular flexibility index (Phi) is 4.11. The number of nitrogens with two attached hydrogens (primary N) is 1. The Bertz CT molecular complexity index is 570. The first kappa shape index (κ1) is 13.2. The van der Waals surface area contributed by atoms with Crippen molar-refractivity contribution >= 4 is 38.2 Å². The van der Waals surface area contributed by atoms with Gasteiger partial charge in [0.25, 0.3) is 5.91 Å². The second kappa shape index (κ2) is 5.60. The summed E-state index contributed by atoms with van der Waals surface area (Å²) in [7, 11) is 1.73. The van der Waals surface area contributed by atoms with Crippen LogP contribution in [0.3, 0.4) is 0 Å². The van der Waals surface area contributed by atoms with Gasteiger partial charge in [0.05, 0.1) is 5.00 Å². The third-order valence-electron chi connectivity index (χ3n) is 2.47. The van der Waals surface area contributed by atoms with Crippen molar-refractivity contribution in [1.82, 2.24) is 4.98 Å². The monoisotopic (exact) mass is 325 g/mol. The molecule has 0 aliphatic rings. The molecule has 0 saturated heterocycles. The molecule has 6 heteroatoms. The molecular weight excluding hydrogens is 314 g/mol. The third-order valence-corrected chi connectivity index (χ3v) is 4.23. The predicted octanol–water partition coefficient (Wildman–Crippen LogP) is 2.64. The lowest BCUT2D eigenvalue weighted by Crippen LogP contribution is -2.26. The minimum Gasteiger partial charge on any atom is -0.326 e. The number of pyridine rings is 1. The molecule has 0 radical (unpaired) electrons. The van der Waals surface area contributed by atoms with E-state index in [0.29, 0.717) is 12.2 Å². The van der Waals surface area contributed by atoms with E-state index in [1.54, 1.807) is 30.3 Å². The van der Waals surface area contributed by atoms with E-state index in [1.165, 1.54) is 11.3 Å². The van der Waals surface area contributed by atoms with E-state index in [1.807, 2.05) is 11.4 Å². The van der Waals surface area contributed by atoms with Gasteiger partial charge in [0, 0.05) is 29.6 Å². The Hall–Kier alpha value is -1.24. The second-order valence-electron chi connectivity index (χ2n) is 3.72. The lowest BCUT2D eigenvalue weighted by molar-refractivity contribution is 0.0989. The fourth-order valence-electron chi connectivity index (χ4n) is 1.47. The maximum atomic E-state index is 12.2. The summed E-state index contributed by atoms with van der Waals surface area (Å²) in [5.74, 6) is -0.139. The fraction of sp³-hybridized carbons (Fsp3) is 0.167. The number of anilines is 1. The van der Waals surface area contributed by atoms with Gasteiger partial charge in [-0.25, -0.2) is 0 Å². The number of nitrogens with zero attached hydrogens (tertiary/aromatic N) is 2. The van der Waals surface area contributed by atoms with Crippen LogP contribution < -0.4 is 10.6 Å². The van der Waals surface area contributed by atoms with E-state index < -0.39 is 0 Å². The molecule has 2 aromatic rings. The molecule has 0 atom stereocenters. The lowest BCUT2D eigenvalue weighted by atomic mass is 10.2. The minimum absolute atomic E-state index is 0.139. The summed E-state index contributed by atoms with van der Waals surface area (Å²) in [5, 5.41) is 2.80. The van der Waals surface area contributed by atoms with Crippen molar-refractivity contribution in [2.24, 2.45) is 5.73 Å². The van der Waals surface area contributed by atoms with Crippen LogP contribution in [0.1, 0.15) is 16.1 Å². The average Bonchev–Trinajstić information content (AvgIpc) is 2.83. The fourth-order valence-corrected chi connectivity index (χ4v) is 2.85. The highest BCUT2D eigenvalue weighted by atomic mass is 79.9. The molecule has 0 aliphatic heterocycles. The van der Waals surface area contributed by atoms with Crippen LogP contribution in [-0.4, -0.2) is 17.9 Å². The minimum atomic E-state index is -0.139. The number of hydrogen-bond acceptors (Lipinski definition) is 4. The predicted molar refractivity (Wildman–Crippen MR) is 76.9 cm³/mol. The van der Waals surface area contributed by atoms with Gasteiger partial charge < -0.3 is 10.6 Å². The van der Waals surface area contributed by atoms with Crippen molar-refractivity contribution < 1.29 is 4.79 Å². The molecule has 4 nitrogen and oxygen atoms in total. The van der Waals surface area contributed by atoms with Crippen LogP contribution in [0.4, 0.5) is 5.00 Å². The molecular formula is C12H12BrN3OS. The van der Waals surface area contributed by atoms with Gasteiger partial charge in [0.15, 0.2) is 0 Å². The summed E-state index contributed by atoms with van der Waals surface area (Å²) in [6, 6.07) is 5.43. The van der Waals surface area contributed by atoms with Gasteiger partial charge in [-0.15, -0.1) is 11.3 Å². The first-order valence-electron chi connectivity index (χ1n) is 5.29. The van der Waals surface area contributed by atoms with E-state index in [0.717, 1.165) is 15.0 Å². The summed E-state index contributed by atoms with van der Waals surface area (Å²) in [6.45, 7) is 0.400. The van der Waals surface area contributed by atoms with Gasteiger partial charge in [-0.1, -0.05) is 0 Å². The number of hydrogen-bond donors (Lipinski definition) is 1.